The third-order valence-electron chi connectivity index (χ3n) is 2.11. The van der Waals surface area contributed by atoms with Crippen LogP contribution in [0.25, 0.3) is 0 Å². The van der Waals surface area contributed by atoms with Gasteiger partial charge >= 0.3 is 11.9 Å². The average molecular weight is 376 g/mol. The fourth-order valence-electron chi connectivity index (χ4n) is 1.21. The molecule has 0 aliphatic heterocycles. The molecule has 0 atom stereocenters. The van der Waals surface area contributed by atoms with Crippen molar-refractivity contribution in [3.63, 3.8) is 0 Å². The minimum absolute atomic E-state index is 0.0816. The van der Waals surface area contributed by atoms with Crippen LogP contribution in [0.3, 0.4) is 0 Å². The predicted molar refractivity (Wildman–Crippen MR) is 77.4 cm³/mol. The molecule has 0 unspecified atom stereocenters. The zero-order chi connectivity index (χ0) is 17.9. The Labute approximate surface area is 135 Å². The molecule has 0 bridgehead atoms. The Morgan fingerprint density at radius 3 is 1.39 bits per heavy atom. The van der Waals surface area contributed by atoms with Crippen molar-refractivity contribution < 1.29 is 44.3 Å². The van der Waals surface area contributed by atoms with Crippen LogP contribution in [-0.4, -0.2) is 66.7 Å². The second kappa shape index (κ2) is 10.5. The van der Waals surface area contributed by atoms with Crippen LogP contribution < -0.4 is 0 Å². The van der Waals surface area contributed by atoms with Crippen LogP contribution in [0.15, 0.2) is 0 Å². The van der Waals surface area contributed by atoms with Gasteiger partial charge in [0.15, 0.2) is 13.2 Å². The van der Waals surface area contributed by atoms with Gasteiger partial charge in [-0.3, -0.25) is 8.37 Å². The van der Waals surface area contributed by atoms with E-state index in [0.29, 0.717) is 0 Å². The SMILES string of the molecule is CCOC(=O)COS(=O)(=O)CCCS(=O)(=O)OCC(=O)OCC. The summed E-state index contributed by atoms with van der Waals surface area (Å²) in [5, 5.41) is 0. The van der Waals surface area contributed by atoms with E-state index in [0.717, 1.165) is 0 Å². The maximum Gasteiger partial charge on any atom is 0.333 e. The highest BCUT2D eigenvalue weighted by Crippen LogP contribution is 2.02. The first-order chi connectivity index (χ1) is 10.6. The monoisotopic (exact) mass is 376 g/mol. The van der Waals surface area contributed by atoms with Gasteiger partial charge in [-0.15, -0.1) is 0 Å². The fraction of sp³-hybridized carbons (Fsp3) is 0.818. The number of esters is 2. The van der Waals surface area contributed by atoms with Crippen molar-refractivity contribution in [3.05, 3.63) is 0 Å². The van der Waals surface area contributed by atoms with E-state index in [1.807, 2.05) is 0 Å². The number of carbonyl (C=O) groups excluding carboxylic acids is 2. The first-order valence-electron chi connectivity index (χ1n) is 6.67. The molecule has 0 N–H and O–H groups in total. The standard InChI is InChI=1S/C11H20O10S2/c1-3-18-10(12)8-20-22(14,15)6-5-7-23(16,17)21-9-11(13)19-4-2/h3-9H2,1-2H3. The lowest BCUT2D eigenvalue weighted by Crippen LogP contribution is -2.22. The molecule has 10 nitrogen and oxygen atoms in total. The molecule has 0 spiro atoms. The molecule has 0 aromatic rings. The molecule has 0 saturated heterocycles. The Hall–Kier alpha value is -1.24. The average Bonchev–Trinajstić information content (AvgIpc) is 2.44. The van der Waals surface area contributed by atoms with E-state index >= 15 is 0 Å². The van der Waals surface area contributed by atoms with Gasteiger partial charge in [-0.25, -0.2) is 9.59 Å². The third-order valence-corrected chi connectivity index (χ3v) is 4.64. The lowest BCUT2D eigenvalue weighted by atomic mass is 10.6. The number of rotatable bonds is 12. The van der Waals surface area contributed by atoms with Crippen molar-refractivity contribution in [2.45, 2.75) is 20.3 Å². The van der Waals surface area contributed by atoms with Crippen LogP contribution in [0.1, 0.15) is 20.3 Å². The van der Waals surface area contributed by atoms with E-state index in [-0.39, 0.29) is 19.6 Å². The van der Waals surface area contributed by atoms with Crippen LogP contribution in [0.2, 0.25) is 0 Å². The Morgan fingerprint density at radius 1 is 0.739 bits per heavy atom. The molecule has 0 amide bonds. The van der Waals surface area contributed by atoms with Gasteiger partial charge < -0.3 is 9.47 Å². The lowest BCUT2D eigenvalue weighted by molar-refractivity contribution is -0.146. The van der Waals surface area contributed by atoms with Crippen LogP contribution in [-0.2, 0) is 47.7 Å². The molecule has 0 aliphatic carbocycles. The molecule has 12 heteroatoms. The summed E-state index contributed by atoms with van der Waals surface area (Å²) in [6.07, 6.45) is -0.323. The van der Waals surface area contributed by atoms with Crippen molar-refractivity contribution in [2.75, 3.05) is 37.9 Å². The van der Waals surface area contributed by atoms with E-state index in [1.165, 1.54) is 0 Å². The van der Waals surface area contributed by atoms with Gasteiger partial charge in [0.25, 0.3) is 20.2 Å². The Balaban J connectivity index is 4.15. The van der Waals surface area contributed by atoms with Gasteiger partial charge in [-0.05, 0) is 20.3 Å². The van der Waals surface area contributed by atoms with E-state index in [9.17, 15) is 26.4 Å². The third kappa shape index (κ3) is 11.9. The number of hydrogen-bond acceptors (Lipinski definition) is 10. The summed E-state index contributed by atoms with van der Waals surface area (Å²) in [4.78, 5) is 21.9. The van der Waals surface area contributed by atoms with Gasteiger partial charge in [0, 0.05) is 0 Å². The van der Waals surface area contributed by atoms with Gasteiger partial charge in [0.05, 0.1) is 24.7 Å². The Kier molecular flexibility index (Phi) is 9.95. The predicted octanol–water partition coefficient (Wildman–Crippen LogP) is -0.804. The van der Waals surface area contributed by atoms with Crippen molar-refractivity contribution in [1.82, 2.24) is 0 Å². The summed E-state index contributed by atoms with van der Waals surface area (Å²) in [6.45, 7) is 1.71. The highest BCUT2D eigenvalue weighted by molar-refractivity contribution is 7.87. The highest BCUT2D eigenvalue weighted by Gasteiger charge is 2.19. The molecular formula is C11H20O10S2. The molecule has 0 radical (unpaired) electrons. The summed E-state index contributed by atoms with van der Waals surface area (Å²) >= 11 is 0. The fourth-order valence-corrected chi connectivity index (χ4v) is 3.18. The molecule has 0 aromatic carbocycles. The summed E-state index contributed by atoms with van der Waals surface area (Å²) in [5.41, 5.74) is 0. The largest absolute Gasteiger partial charge is 0.464 e. The molecule has 136 valence electrons. The number of hydrogen-bond donors (Lipinski definition) is 0. The zero-order valence-electron chi connectivity index (χ0n) is 12.8. The normalized spacial score (nSPS) is 11.9. The van der Waals surface area contributed by atoms with E-state index in [1.54, 1.807) is 13.8 Å². The first-order valence-corrected chi connectivity index (χ1v) is 9.82. The number of carbonyl (C=O) groups is 2. The maximum atomic E-state index is 11.4. The molecule has 0 heterocycles. The minimum Gasteiger partial charge on any atom is -0.464 e. The smallest absolute Gasteiger partial charge is 0.333 e. The second-order valence-electron chi connectivity index (χ2n) is 4.01. The van der Waals surface area contributed by atoms with Crippen molar-refractivity contribution in [2.24, 2.45) is 0 Å². The van der Waals surface area contributed by atoms with E-state index in [4.69, 9.17) is 0 Å². The van der Waals surface area contributed by atoms with Gasteiger partial charge in [0.1, 0.15) is 0 Å². The molecule has 0 aromatic heterocycles. The summed E-state index contributed by atoms with van der Waals surface area (Å²) in [5.74, 6) is -2.95. The van der Waals surface area contributed by atoms with Crippen LogP contribution in [0.5, 0.6) is 0 Å². The lowest BCUT2D eigenvalue weighted by Gasteiger charge is -2.07. The molecule has 0 aliphatic rings. The quantitative estimate of drug-likeness (QED) is 0.314. The summed E-state index contributed by atoms with van der Waals surface area (Å²) < 4.78 is 63.5. The molecule has 23 heavy (non-hydrogen) atoms. The molecule has 0 rings (SSSR count). The molecule has 0 fully saturated rings. The van der Waals surface area contributed by atoms with Crippen molar-refractivity contribution in [1.29, 1.82) is 0 Å². The minimum atomic E-state index is -4.07. The van der Waals surface area contributed by atoms with Crippen molar-refractivity contribution in [3.8, 4) is 0 Å². The highest BCUT2D eigenvalue weighted by atomic mass is 32.2. The molecule has 0 saturated carbocycles. The van der Waals surface area contributed by atoms with Crippen LogP contribution in [0, 0.1) is 0 Å². The summed E-state index contributed by atoms with van der Waals surface area (Å²) in [7, 11) is -8.14. The Morgan fingerprint density at radius 2 is 1.09 bits per heavy atom. The topological polar surface area (TPSA) is 139 Å². The van der Waals surface area contributed by atoms with Crippen LogP contribution >= 0.6 is 0 Å². The van der Waals surface area contributed by atoms with E-state index < -0.39 is 56.9 Å². The van der Waals surface area contributed by atoms with Crippen molar-refractivity contribution >= 4 is 32.2 Å². The number of ether oxygens (including phenoxy) is 2. The maximum absolute atomic E-state index is 11.4. The van der Waals surface area contributed by atoms with Gasteiger partial charge in [0.2, 0.25) is 0 Å². The molecular weight excluding hydrogens is 356 g/mol. The first kappa shape index (κ1) is 21.8. The van der Waals surface area contributed by atoms with Gasteiger partial charge in [-0.2, -0.15) is 16.8 Å². The van der Waals surface area contributed by atoms with Gasteiger partial charge in [-0.1, -0.05) is 0 Å². The Bertz CT molecular complexity index is 526. The zero-order valence-corrected chi connectivity index (χ0v) is 14.5. The van der Waals surface area contributed by atoms with Crippen LogP contribution in [0.4, 0.5) is 0 Å². The summed E-state index contributed by atoms with van der Waals surface area (Å²) in [6, 6.07) is 0. The van der Waals surface area contributed by atoms with E-state index in [2.05, 4.69) is 17.8 Å². The second-order valence-corrected chi connectivity index (χ2v) is 7.53.